The number of aromatic nitrogens is 1. The average Bonchev–Trinajstić information content (AvgIpc) is 2.33. The molecule has 0 aromatic carbocycles. The summed E-state index contributed by atoms with van der Waals surface area (Å²) in [5, 5.41) is 0.947. The Morgan fingerprint density at radius 2 is 2.17 bits per heavy atom. The molecule has 1 aromatic heterocycles. The summed E-state index contributed by atoms with van der Waals surface area (Å²) in [5.41, 5.74) is 5.75. The molecule has 1 aromatic rings. The van der Waals surface area contributed by atoms with Gasteiger partial charge in [-0.15, -0.1) is 0 Å². The number of anilines is 2. The number of nitrogen functional groups attached to an aromatic ring is 1. The van der Waals surface area contributed by atoms with Crippen molar-refractivity contribution in [3.05, 3.63) is 16.1 Å². The van der Waals surface area contributed by atoms with Gasteiger partial charge in [0.2, 0.25) is 0 Å². The van der Waals surface area contributed by atoms with Crippen molar-refractivity contribution in [2.45, 2.75) is 18.9 Å². The van der Waals surface area contributed by atoms with Crippen LogP contribution in [0.3, 0.4) is 0 Å². The van der Waals surface area contributed by atoms with Gasteiger partial charge in [0.25, 0.3) is 0 Å². The summed E-state index contributed by atoms with van der Waals surface area (Å²) < 4.78 is 0. The molecule has 4 nitrogen and oxygen atoms in total. The second kappa shape index (κ2) is 5.51. The monoisotopic (exact) mass is 288 g/mol. The van der Waals surface area contributed by atoms with Crippen molar-refractivity contribution in [2.75, 3.05) is 37.8 Å². The Kier molecular flexibility index (Phi) is 4.20. The van der Waals surface area contributed by atoms with Crippen LogP contribution in [0, 0.1) is 0 Å². The molecule has 2 rings (SSSR count). The number of hydrogen-bond donors (Lipinski definition) is 1. The van der Waals surface area contributed by atoms with E-state index in [0.717, 1.165) is 19.5 Å². The fourth-order valence-corrected chi connectivity index (χ4v) is 2.84. The highest BCUT2D eigenvalue weighted by Gasteiger charge is 2.24. The second-order valence-corrected chi connectivity index (χ2v) is 5.64. The van der Waals surface area contributed by atoms with Gasteiger partial charge in [0, 0.05) is 19.6 Å². The minimum Gasteiger partial charge on any atom is -0.382 e. The zero-order valence-electron chi connectivity index (χ0n) is 10.7. The Bertz CT molecular complexity index is 438. The molecule has 0 amide bonds. The number of likely N-dealkylation sites (tertiary alicyclic amines) is 1. The van der Waals surface area contributed by atoms with Crippen LogP contribution in [-0.2, 0) is 0 Å². The molecule has 100 valence electrons. The fraction of sp³-hybridized carbons (Fsp3) is 0.583. The molecule has 2 N–H and O–H groups in total. The van der Waals surface area contributed by atoms with Crippen LogP contribution < -0.4 is 10.6 Å². The highest BCUT2D eigenvalue weighted by Crippen LogP contribution is 2.31. The van der Waals surface area contributed by atoms with Crippen molar-refractivity contribution < 1.29 is 0 Å². The van der Waals surface area contributed by atoms with Gasteiger partial charge in [0.05, 0.1) is 10.0 Å². The quantitative estimate of drug-likeness (QED) is 0.908. The zero-order valence-corrected chi connectivity index (χ0v) is 12.2. The minimum atomic E-state index is 0.326. The molecule has 0 radical (unpaired) electrons. The maximum Gasteiger partial charge on any atom is 0.149 e. The average molecular weight is 289 g/mol. The van der Waals surface area contributed by atoms with Gasteiger partial charge in [-0.1, -0.05) is 23.2 Å². The third-order valence-electron chi connectivity index (χ3n) is 3.42. The molecule has 0 saturated carbocycles. The van der Waals surface area contributed by atoms with E-state index in [1.165, 1.54) is 6.42 Å². The lowest BCUT2D eigenvalue weighted by Gasteiger charge is -2.36. The maximum absolute atomic E-state index is 6.19. The number of piperidine rings is 1. The molecule has 0 aliphatic carbocycles. The van der Waals surface area contributed by atoms with Crippen LogP contribution >= 0.6 is 23.2 Å². The second-order valence-electron chi connectivity index (χ2n) is 4.83. The summed E-state index contributed by atoms with van der Waals surface area (Å²) in [5.74, 6) is 1.03. The molecule has 1 aliphatic rings. The standard InChI is InChI=1S/C12H18Cl2N4/c1-17-5-3-4-8(7-17)18(2)12-10(14)6-9(13)11(15)16-12/h6,8H,3-5,7H2,1-2H3,(H2,15,16). The largest absolute Gasteiger partial charge is 0.382 e. The van der Waals surface area contributed by atoms with Gasteiger partial charge >= 0.3 is 0 Å². The van der Waals surface area contributed by atoms with Crippen LogP contribution in [0.2, 0.25) is 10.0 Å². The van der Waals surface area contributed by atoms with Gasteiger partial charge in [-0.3, -0.25) is 0 Å². The third kappa shape index (κ3) is 2.82. The van der Waals surface area contributed by atoms with E-state index in [-0.39, 0.29) is 0 Å². The Hall–Kier alpha value is -0.710. The summed E-state index contributed by atoms with van der Waals surface area (Å²) in [4.78, 5) is 8.71. The number of nitrogens with two attached hydrogens (primary N) is 1. The van der Waals surface area contributed by atoms with Crippen LogP contribution in [0.1, 0.15) is 12.8 Å². The Balaban J connectivity index is 2.22. The first-order valence-corrected chi connectivity index (χ1v) is 6.77. The molecule has 1 unspecified atom stereocenters. The molecule has 2 heterocycles. The topological polar surface area (TPSA) is 45.4 Å². The van der Waals surface area contributed by atoms with Gasteiger partial charge in [0.15, 0.2) is 0 Å². The molecule has 0 spiro atoms. The van der Waals surface area contributed by atoms with Crippen LogP contribution in [0.15, 0.2) is 6.07 Å². The van der Waals surface area contributed by atoms with E-state index in [9.17, 15) is 0 Å². The highest BCUT2D eigenvalue weighted by molar-refractivity contribution is 6.37. The first kappa shape index (κ1) is 13.7. The van der Waals surface area contributed by atoms with E-state index in [1.54, 1.807) is 6.07 Å². The number of nitrogens with zero attached hydrogens (tertiary/aromatic N) is 3. The van der Waals surface area contributed by atoms with Crippen molar-refractivity contribution in [1.82, 2.24) is 9.88 Å². The molecule has 1 atom stereocenters. The molecule has 1 aliphatic heterocycles. The van der Waals surface area contributed by atoms with Gasteiger partial charge < -0.3 is 15.5 Å². The summed E-state index contributed by atoms with van der Waals surface area (Å²) in [6, 6.07) is 2.07. The summed E-state index contributed by atoms with van der Waals surface area (Å²) in [7, 11) is 4.14. The van der Waals surface area contributed by atoms with Gasteiger partial charge in [-0.2, -0.15) is 0 Å². The lowest BCUT2D eigenvalue weighted by atomic mass is 10.1. The number of rotatable bonds is 2. The first-order chi connectivity index (χ1) is 8.49. The van der Waals surface area contributed by atoms with Gasteiger partial charge in [-0.05, 0) is 32.5 Å². The minimum absolute atomic E-state index is 0.326. The van der Waals surface area contributed by atoms with E-state index in [2.05, 4.69) is 21.8 Å². The van der Waals surface area contributed by atoms with E-state index < -0.39 is 0 Å². The Labute approximate surface area is 118 Å². The molecular formula is C12H18Cl2N4. The number of hydrogen-bond acceptors (Lipinski definition) is 4. The van der Waals surface area contributed by atoms with Crippen molar-refractivity contribution in [3.63, 3.8) is 0 Å². The maximum atomic E-state index is 6.19. The van der Waals surface area contributed by atoms with Crippen molar-refractivity contribution in [3.8, 4) is 0 Å². The molecule has 18 heavy (non-hydrogen) atoms. The summed E-state index contributed by atoms with van der Waals surface area (Å²) in [6.07, 6.45) is 2.33. The molecule has 1 saturated heterocycles. The van der Waals surface area contributed by atoms with Crippen LogP contribution in [0.5, 0.6) is 0 Å². The number of halogens is 2. The van der Waals surface area contributed by atoms with E-state index >= 15 is 0 Å². The summed E-state index contributed by atoms with van der Waals surface area (Å²) >= 11 is 12.1. The molecular weight excluding hydrogens is 271 g/mol. The van der Waals surface area contributed by atoms with E-state index in [1.807, 2.05) is 7.05 Å². The van der Waals surface area contributed by atoms with Gasteiger partial charge in [0.1, 0.15) is 11.6 Å². The lowest BCUT2D eigenvalue weighted by Crippen LogP contribution is -2.45. The van der Waals surface area contributed by atoms with E-state index in [0.29, 0.717) is 27.7 Å². The van der Waals surface area contributed by atoms with E-state index in [4.69, 9.17) is 28.9 Å². The number of pyridine rings is 1. The SMILES string of the molecule is CN1CCCC(N(C)c2nc(N)c(Cl)cc2Cl)C1. The predicted molar refractivity (Wildman–Crippen MR) is 77.6 cm³/mol. The van der Waals surface area contributed by atoms with Crippen LogP contribution in [-0.4, -0.2) is 43.1 Å². The molecule has 0 bridgehead atoms. The third-order valence-corrected chi connectivity index (χ3v) is 4.00. The van der Waals surface area contributed by atoms with Crippen molar-refractivity contribution >= 4 is 34.8 Å². The Morgan fingerprint density at radius 1 is 1.44 bits per heavy atom. The van der Waals surface area contributed by atoms with Crippen LogP contribution in [0.4, 0.5) is 11.6 Å². The molecule has 1 fully saturated rings. The smallest absolute Gasteiger partial charge is 0.149 e. The summed E-state index contributed by atoms with van der Waals surface area (Å²) in [6.45, 7) is 2.16. The normalized spacial score (nSPS) is 21.0. The first-order valence-electron chi connectivity index (χ1n) is 6.02. The van der Waals surface area contributed by atoms with Crippen LogP contribution in [0.25, 0.3) is 0 Å². The fourth-order valence-electron chi connectivity index (χ4n) is 2.35. The van der Waals surface area contributed by atoms with Gasteiger partial charge in [-0.25, -0.2) is 4.98 Å². The number of likely N-dealkylation sites (N-methyl/N-ethyl adjacent to an activating group) is 2. The predicted octanol–water partition coefficient (Wildman–Crippen LogP) is 2.50. The lowest BCUT2D eigenvalue weighted by molar-refractivity contribution is 0.247. The van der Waals surface area contributed by atoms with Crippen molar-refractivity contribution in [2.24, 2.45) is 0 Å². The Morgan fingerprint density at radius 3 is 2.83 bits per heavy atom. The van der Waals surface area contributed by atoms with Crippen molar-refractivity contribution in [1.29, 1.82) is 0 Å². The molecule has 6 heteroatoms. The highest BCUT2D eigenvalue weighted by atomic mass is 35.5. The zero-order chi connectivity index (χ0) is 13.3.